The minimum absolute atomic E-state index is 0.0822. The monoisotopic (exact) mass is 935 g/mol. The van der Waals surface area contributed by atoms with E-state index in [0.29, 0.717) is 19.3 Å². The molecule has 1 unspecified atom stereocenters. The van der Waals surface area contributed by atoms with Gasteiger partial charge in [0.05, 0.1) is 0 Å². The predicted octanol–water partition coefficient (Wildman–Crippen LogP) is 19.0. The van der Waals surface area contributed by atoms with Crippen molar-refractivity contribution in [3.63, 3.8) is 0 Å². The van der Waals surface area contributed by atoms with E-state index in [1.54, 1.807) is 0 Å². The molecule has 0 aliphatic rings. The van der Waals surface area contributed by atoms with Gasteiger partial charge in [-0.1, -0.05) is 273 Å². The van der Waals surface area contributed by atoms with Gasteiger partial charge in [0, 0.05) is 19.3 Å². The number of hydrogen-bond acceptors (Lipinski definition) is 6. The van der Waals surface area contributed by atoms with Gasteiger partial charge in [-0.15, -0.1) is 0 Å². The molecule has 0 aromatic heterocycles. The van der Waals surface area contributed by atoms with Crippen LogP contribution in [0.4, 0.5) is 0 Å². The molecule has 0 amide bonds. The van der Waals surface area contributed by atoms with Crippen LogP contribution in [-0.2, 0) is 28.6 Å². The Labute approximate surface area is 414 Å². The van der Waals surface area contributed by atoms with Crippen molar-refractivity contribution in [2.75, 3.05) is 13.2 Å². The Morgan fingerprint density at radius 3 is 0.896 bits per heavy atom. The molecule has 0 fully saturated rings. The molecule has 0 heterocycles. The molecule has 0 saturated heterocycles. The molecule has 0 spiro atoms. The molecular formula is C61H106O6. The highest BCUT2D eigenvalue weighted by atomic mass is 16.6. The summed E-state index contributed by atoms with van der Waals surface area (Å²) >= 11 is 0. The van der Waals surface area contributed by atoms with Crippen LogP contribution in [0.1, 0.15) is 278 Å². The predicted molar refractivity (Wildman–Crippen MR) is 288 cm³/mol. The normalized spacial score (nSPS) is 12.6. The zero-order valence-electron chi connectivity index (χ0n) is 44.2. The van der Waals surface area contributed by atoms with Gasteiger partial charge in [-0.3, -0.25) is 14.4 Å². The Bertz CT molecular complexity index is 1260. The maximum absolute atomic E-state index is 12.8. The lowest BCUT2D eigenvalue weighted by Gasteiger charge is -2.18. The first-order chi connectivity index (χ1) is 33.0. The van der Waals surface area contributed by atoms with E-state index in [4.69, 9.17) is 14.2 Å². The second kappa shape index (κ2) is 55.4. The number of rotatable bonds is 51. The Morgan fingerprint density at radius 1 is 0.313 bits per heavy atom. The molecule has 0 saturated carbocycles. The Morgan fingerprint density at radius 2 is 0.582 bits per heavy atom. The van der Waals surface area contributed by atoms with Gasteiger partial charge in [-0.2, -0.15) is 0 Å². The van der Waals surface area contributed by atoms with Crippen LogP contribution in [0.2, 0.25) is 0 Å². The zero-order chi connectivity index (χ0) is 48.6. The summed E-state index contributed by atoms with van der Waals surface area (Å²) in [5.41, 5.74) is 0. The number of carbonyl (C=O) groups is 3. The summed E-state index contributed by atoms with van der Waals surface area (Å²) in [6.07, 6.45) is 70.3. The van der Waals surface area contributed by atoms with Crippen molar-refractivity contribution in [2.24, 2.45) is 0 Å². The second-order valence-corrected chi connectivity index (χ2v) is 18.9. The van der Waals surface area contributed by atoms with Crippen LogP contribution in [0.5, 0.6) is 0 Å². The minimum Gasteiger partial charge on any atom is -0.462 e. The van der Waals surface area contributed by atoms with Crippen molar-refractivity contribution < 1.29 is 28.6 Å². The van der Waals surface area contributed by atoms with Crippen molar-refractivity contribution in [3.05, 3.63) is 72.9 Å². The summed E-state index contributed by atoms with van der Waals surface area (Å²) in [7, 11) is 0. The van der Waals surface area contributed by atoms with Gasteiger partial charge in [-0.25, -0.2) is 0 Å². The average molecular weight is 936 g/mol. The molecule has 1 atom stereocenters. The molecule has 6 heteroatoms. The first-order valence-corrected chi connectivity index (χ1v) is 28.5. The van der Waals surface area contributed by atoms with E-state index in [-0.39, 0.29) is 31.1 Å². The summed E-state index contributed by atoms with van der Waals surface area (Å²) in [4.78, 5) is 38.1. The topological polar surface area (TPSA) is 78.9 Å². The molecule has 386 valence electrons. The van der Waals surface area contributed by atoms with Crippen molar-refractivity contribution >= 4 is 17.9 Å². The van der Waals surface area contributed by atoms with E-state index in [2.05, 4.69) is 93.7 Å². The number of esters is 3. The summed E-state index contributed by atoms with van der Waals surface area (Å²) in [6.45, 7) is 6.39. The number of unbranched alkanes of at least 4 members (excludes halogenated alkanes) is 32. The van der Waals surface area contributed by atoms with Crippen molar-refractivity contribution in [1.82, 2.24) is 0 Å². The molecule has 0 radical (unpaired) electrons. The molecule has 0 aromatic rings. The number of allylic oxidation sites excluding steroid dienone is 12. The summed E-state index contributed by atoms with van der Waals surface area (Å²) in [6, 6.07) is 0. The third-order valence-corrected chi connectivity index (χ3v) is 12.3. The quantitative estimate of drug-likeness (QED) is 0.0262. The van der Waals surface area contributed by atoms with Gasteiger partial charge < -0.3 is 14.2 Å². The number of hydrogen-bond donors (Lipinski definition) is 0. The van der Waals surface area contributed by atoms with Crippen molar-refractivity contribution in [1.29, 1.82) is 0 Å². The van der Waals surface area contributed by atoms with Gasteiger partial charge in [0.25, 0.3) is 0 Å². The minimum atomic E-state index is -0.786. The van der Waals surface area contributed by atoms with E-state index in [1.165, 1.54) is 154 Å². The van der Waals surface area contributed by atoms with Crippen LogP contribution >= 0.6 is 0 Å². The lowest BCUT2D eigenvalue weighted by Crippen LogP contribution is -2.30. The highest BCUT2D eigenvalue weighted by Gasteiger charge is 2.19. The summed E-state index contributed by atoms with van der Waals surface area (Å²) < 4.78 is 16.9. The molecule has 0 N–H and O–H groups in total. The van der Waals surface area contributed by atoms with E-state index < -0.39 is 6.10 Å². The van der Waals surface area contributed by atoms with Crippen LogP contribution in [0.15, 0.2) is 72.9 Å². The van der Waals surface area contributed by atoms with Gasteiger partial charge in [-0.05, 0) is 57.8 Å². The Hall–Kier alpha value is -3.15. The molecule has 6 nitrogen and oxygen atoms in total. The second-order valence-electron chi connectivity index (χ2n) is 18.9. The van der Waals surface area contributed by atoms with E-state index in [0.717, 1.165) is 83.5 Å². The standard InChI is InChI=1S/C61H106O6/c1-4-7-10-13-16-19-22-25-28-29-30-31-34-36-39-42-45-48-51-54-60(63)66-57-58(67-61(64)55-52-49-46-43-40-37-33-27-24-21-18-15-12-9-6-3)56-65-59(62)53-50-47-44-41-38-35-32-26-23-20-17-14-11-8-5-2/h8-9,11-12,14-15,17-18,20-21,23-24,58H,4-7,10,13,16,19,22,25-57H2,1-3H3/b11-8-,12-9-,17-14-,18-15-,23-20-,24-21-. The Balaban J connectivity index is 4.36. The van der Waals surface area contributed by atoms with Crippen LogP contribution in [0.25, 0.3) is 0 Å². The summed E-state index contributed by atoms with van der Waals surface area (Å²) in [5.74, 6) is -0.897. The molecule has 0 rings (SSSR count). The lowest BCUT2D eigenvalue weighted by molar-refractivity contribution is -0.167. The third-order valence-electron chi connectivity index (χ3n) is 12.3. The van der Waals surface area contributed by atoms with Gasteiger partial charge in [0.15, 0.2) is 6.10 Å². The summed E-state index contributed by atoms with van der Waals surface area (Å²) in [5, 5.41) is 0. The van der Waals surface area contributed by atoms with Crippen LogP contribution in [-0.4, -0.2) is 37.2 Å². The first kappa shape index (κ1) is 63.8. The maximum atomic E-state index is 12.8. The third kappa shape index (κ3) is 53.7. The molecule has 0 aliphatic carbocycles. The van der Waals surface area contributed by atoms with Crippen LogP contribution < -0.4 is 0 Å². The van der Waals surface area contributed by atoms with Gasteiger partial charge in [0.2, 0.25) is 0 Å². The van der Waals surface area contributed by atoms with Gasteiger partial charge >= 0.3 is 17.9 Å². The van der Waals surface area contributed by atoms with Crippen molar-refractivity contribution in [3.8, 4) is 0 Å². The smallest absolute Gasteiger partial charge is 0.306 e. The van der Waals surface area contributed by atoms with E-state index in [1.807, 2.05) is 0 Å². The molecule has 67 heavy (non-hydrogen) atoms. The molecule has 0 aromatic carbocycles. The van der Waals surface area contributed by atoms with Crippen molar-refractivity contribution in [2.45, 2.75) is 284 Å². The average Bonchev–Trinajstić information content (AvgIpc) is 3.33. The molecule has 0 aliphatic heterocycles. The van der Waals surface area contributed by atoms with Gasteiger partial charge in [0.1, 0.15) is 13.2 Å². The highest BCUT2D eigenvalue weighted by Crippen LogP contribution is 2.16. The van der Waals surface area contributed by atoms with Crippen LogP contribution in [0, 0.1) is 0 Å². The first-order valence-electron chi connectivity index (χ1n) is 28.5. The number of carbonyl (C=O) groups excluding carboxylic acids is 3. The molecular weight excluding hydrogens is 829 g/mol. The van der Waals surface area contributed by atoms with E-state index in [9.17, 15) is 14.4 Å². The fourth-order valence-electron chi connectivity index (χ4n) is 8.09. The Kier molecular flexibility index (Phi) is 52.8. The van der Waals surface area contributed by atoms with Crippen LogP contribution in [0.3, 0.4) is 0 Å². The fraction of sp³-hybridized carbons (Fsp3) is 0.754. The zero-order valence-corrected chi connectivity index (χ0v) is 44.2. The largest absolute Gasteiger partial charge is 0.462 e. The lowest BCUT2D eigenvalue weighted by atomic mass is 10.0. The number of ether oxygens (including phenoxy) is 3. The highest BCUT2D eigenvalue weighted by molar-refractivity contribution is 5.71. The maximum Gasteiger partial charge on any atom is 0.306 e. The molecule has 0 bridgehead atoms. The SMILES string of the molecule is CC\C=C/C=C\C=C/CCCCCCCCCC(=O)OCC(COC(=O)CCCCCCCCCCCCCCCCCCCCC)OC(=O)CCCCCCCCC\C=C/C=C\C=C/CC. The fourth-order valence-corrected chi connectivity index (χ4v) is 8.09. The van der Waals surface area contributed by atoms with E-state index >= 15 is 0 Å².